The maximum absolute atomic E-state index is 13.9. The highest BCUT2D eigenvalue weighted by molar-refractivity contribution is 5.97. The number of hydrogen-bond donors (Lipinski definition) is 0. The van der Waals surface area contributed by atoms with E-state index in [1.807, 2.05) is 50.3 Å². The van der Waals surface area contributed by atoms with E-state index in [2.05, 4.69) is 18.2 Å². The number of rotatable bonds is 5. The summed E-state index contributed by atoms with van der Waals surface area (Å²) in [6, 6.07) is 22.4. The third-order valence-electron chi connectivity index (χ3n) is 5.21. The van der Waals surface area contributed by atoms with Gasteiger partial charge in [0.05, 0.1) is 0 Å². The van der Waals surface area contributed by atoms with Gasteiger partial charge < -0.3 is 4.74 Å². The number of benzene rings is 3. The summed E-state index contributed by atoms with van der Waals surface area (Å²) in [5.41, 5.74) is 4.67. The first-order valence-corrected chi connectivity index (χ1v) is 11.0. The van der Waals surface area contributed by atoms with Crippen LogP contribution in [0.1, 0.15) is 49.8 Å². The molecule has 0 radical (unpaired) electrons. The van der Waals surface area contributed by atoms with E-state index in [0.717, 1.165) is 36.8 Å². The summed E-state index contributed by atoms with van der Waals surface area (Å²) >= 11 is 0. The maximum Gasteiger partial charge on any atom is 0.165 e. The molecule has 0 saturated heterocycles. The number of ketones is 1. The van der Waals surface area contributed by atoms with Crippen LogP contribution in [0.3, 0.4) is 0 Å². The molecule has 0 spiro atoms. The molecule has 3 aromatic carbocycles. The van der Waals surface area contributed by atoms with Gasteiger partial charge in [-0.05, 0) is 78.3 Å². The second kappa shape index (κ2) is 11.3. The molecule has 1 aliphatic carbocycles. The largest absolute Gasteiger partial charge is 0.454 e. The smallest absolute Gasteiger partial charge is 0.165 e. The molecule has 4 rings (SSSR count). The van der Waals surface area contributed by atoms with Crippen LogP contribution >= 0.6 is 0 Å². The number of aryl methyl sites for hydroxylation is 2. The lowest BCUT2D eigenvalue weighted by atomic mass is 9.89. The zero-order valence-corrected chi connectivity index (χ0v) is 18.2. The van der Waals surface area contributed by atoms with Gasteiger partial charge in [-0.25, -0.2) is 4.39 Å². The molecule has 0 bridgehead atoms. The number of hydrogen-bond acceptors (Lipinski definition) is 2. The Hall–Kier alpha value is -3.20. The number of ether oxygens (including phenoxy) is 1. The molecule has 0 unspecified atom stereocenters. The summed E-state index contributed by atoms with van der Waals surface area (Å²) in [4.78, 5) is 12.2. The number of carbonyl (C=O) groups excluding carboxylic acids is 1. The fraction of sp³-hybridized carbons (Fsp3) is 0.250. The van der Waals surface area contributed by atoms with Crippen LogP contribution in [0.25, 0.3) is 5.57 Å². The molecule has 0 saturated carbocycles. The lowest BCUT2D eigenvalue weighted by Gasteiger charge is -2.16. The van der Waals surface area contributed by atoms with Crippen LogP contribution in [0.2, 0.25) is 0 Å². The van der Waals surface area contributed by atoms with Gasteiger partial charge in [0.25, 0.3) is 0 Å². The Kier molecular flexibility index (Phi) is 8.17. The molecule has 0 heterocycles. The van der Waals surface area contributed by atoms with Crippen LogP contribution in [0.5, 0.6) is 11.5 Å². The highest BCUT2D eigenvalue weighted by Crippen LogP contribution is 2.29. The van der Waals surface area contributed by atoms with Gasteiger partial charge in [-0.2, -0.15) is 0 Å². The van der Waals surface area contributed by atoms with E-state index in [1.165, 1.54) is 17.2 Å². The van der Waals surface area contributed by atoms with E-state index in [1.54, 1.807) is 18.2 Å². The molecular formula is C28H29FO2. The van der Waals surface area contributed by atoms with Crippen molar-refractivity contribution < 1.29 is 13.9 Å². The molecular weight excluding hydrogens is 387 g/mol. The molecule has 1 aliphatic rings. The van der Waals surface area contributed by atoms with Gasteiger partial charge >= 0.3 is 0 Å². The molecule has 160 valence electrons. The first-order chi connectivity index (χ1) is 15.2. The van der Waals surface area contributed by atoms with Gasteiger partial charge in [0.2, 0.25) is 0 Å². The average molecular weight is 417 g/mol. The third-order valence-corrected chi connectivity index (χ3v) is 5.21. The first kappa shape index (κ1) is 22.5. The Morgan fingerprint density at radius 3 is 2.48 bits per heavy atom. The molecule has 0 aromatic heterocycles. The molecule has 2 nitrogen and oxygen atoms in total. The van der Waals surface area contributed by atoms with Crippen molar-refractivity contribution >= 4 is 11.4 Å². The zero-order valence-electron chi connectivity index (χ0n) is 18.2. The highest BCUT2D eigenvalue weighted by atomic mass is 19.1. The minimum absolute atomic E-state index is 0.200. The minimum Gasteiger partial charge on any atom is -0.454 e. The summed E-state index contributed by atoms with van der Waals surface area (Å²) in [6.45, 7) is 4.00. The van der Waals surface area contributed by atoms with Gasteiger partial charge in [-0.1, -0.05) is 62.4 Å². The third kappa shape index (κ3) is 6.14. The summed E-state index contributed by atoms with van der Waals surface area (Å²) in [5, 5.41) is 0. The molecule has 31 heavy (non-hydrogen) atoms. The molecule has 0 amide bonds. The molecule has 3 heteroatoms. The minimum atomic E-state index is -0.382. The van der Waals surface area contributed by atoms with Gasteiger partial charge in [0.15, 0.2) is 17.3 Å². The average Bonchev–Trinajstić information content (AvgIpc) is 2.79. The van der Waals surface area contributed by atoms with Crippen LogP contribution in [-0.4, -0.2) is 5.78 Å². The van der Waals surface area contributed by atoms with Gasteiger partial charge in [-0.3, -0.25) is 4.79 Å². The van der Waals surface area contributed by atoms with E-state index in [-0.39, 0.29) is 17.3 Å². The number of para-hydroxylation sites is 1. The standard InChI is InChI=1S/C26H23FO2.C2H6/c27-25-13-3-4-14-26(25)29-23-11-5-7-19(17-23)15-16-21-18-22(28)10-6-9-20-8-1-2-12-24(20)21;1-2/h1-5,7-8,11-14,17-18H,6,9-10,15-16H2;1-2H3/b21-18-;. The molecule has 0 fully saturated rings. The van der Waals surface area contributed by atoms with Gasteiger partial charge in [0, 0.05) is 6.42 Å². The zero-order chi connectivity index (χ0) is 22.1. The van der Waals surface area contributed by atoms with Gasteiger partial charge in [-0.15, -0.1) is 0 Å². The molecule has 0 atom stereocenters. The van der Waals surface area contributed by atoms with E-state index >= 15 is 0 Å². The Labute approximate surface area is 184 Å². The Morgan fingerprint density at radius 1 is 0.871 bits per heavy atom. The fourth-order valence-corrected chi connectivity index (χ4v) is 3.75. The summed E-state index contributed by atoms with van der Waals surface area (Å²) in [6.07, 6.45) is 5.80. The van der Waals surface area contributed by atoms with E-state index in [0.29, 0.717) is 12.2 Å². The van der Waals surface area contributed by atoms with E-state index in [9.17, 15) is 9.18 Å². The Bertz CT molecular complexity index is 1050. The van der Waals surface area contributed by atoms with E-state index < -0.39 is 0 Å². The molecule has 3 aromatic rings. The topological polar surface area (TPSA) is 26.3 Å². The van der Waals surface area contributed by atoms with Crippen molar-refractivity contribution in [3.8, 4) is 11.5 Å². The van der Waals surface area contributed by atoms with Crippen LogP contribution in [0, 0.1) is 5.82 Å². The summed E-state index contributed by atoms with van der Waals surface area (Å²) < 4.78 is 19.6. The monoisotopic (exact) mass is 416 g/mol. The summed E-state index contributed by atoms with van der Waals surface area (Å²) in [7, 11) is 0. The number of fused-ring (bicyclic) bond motifs is 1. The van der Waals surface area contributed by atoms with Crippen molar-refractivity contribution in [2.45, 2.75) is 46.0 Å². The van der Waals surface area contributed by atoms with E-state index in [4.69, 9.17) is 4.74 Å². The predicted molar refractivity (Wildman–Crippen MR) is 125 cm³/mol. The first-order valence-electron chi connectivity index (χ1n) is 11.0. The van der Waals surface area contributed by atoms with Crippen LogP contribution in [0.15, 0.2) is 78.9 Å². The van der Waals surface area contributed by atoms with Crippen molar-refractivity contribution in [1.29, 1.82) is 0 Å². The fourth-order valence-electron chi connectivity index (χ4n) is 3.75. The maximum atomic E-state index is 13.9. The van der Waals surface area contributed by atoms with Crippen LogP contribution < -0.4 is 4.74 Å². The number of allylic oxidation sites excluding steroid dienone is 2. The van der Waals surface area contributed by atoms with Crippen molar-refractivity contribution in [3.63, 3.8) is 0 Å². The lowest BCUT2D eigenvalue weighted by molar-refractivity contribution is -0.114. The normalized spacial score (nSPS) is 14.8. The lowest BCUT2D eigenvalue weighted by Crippen LogP contribution is -2.04. The number of halogens is 1. The second-order valence-electron chi connectivity index (χ2n) is 7.33. The Morgan fingerprint density at radius 2 is 1.65 bits per heavy atom. The molecule has 0 N–H and O–H groups in total. The molecule has 0 aliphatic heterocycles. The SMILES string of the molecule is CC.O=C1/C=C(/CCc2cccc(Oc3ccccc3F)c2)c2ccccc2CCC1. The second-order valence-corrected chi connectivity index (χ2v) is 7.33. The van der Waals surface area contributed by atoms with Crippen LogP contribution in [0.4, 0.5) is 4.39 Å². The summed E-state index contributed by atoms with van der Waals surface area (Å²) in [5.74, 6) is 0.640. The highest BCUT2D eigenvalue weighted by Gasteiger charge is 2.14. The predicted octanol–water partition coefficient (Wildman–Crippen LogP) is 7.57. The quantitative estimate of drug-likeness (QED) is 0.429. The van der Waals surface area contributed by atoms with Crippen molar-refractivity contribution in [2.24, 2.45) is 0 Å². The van der Waals surface area contributed by atoms with Crippen LogP contribution in [-0.2, 0) is 17.6 Å². The van der Waals surface area contributed by atoms with Crippen molar-refractivity contribution in [1.82, 2.24) is 0 Å². The Balaban J connectivity index is 0.00000132. The van der Waals surface area contributed by atoms with Gasteiger partial charge in [0.1, 0.15) is 5.75 Å². The number of carbonyl (C=O) groups is 1. The van der Waals surface area contributed by atoms with Crippen molar-refractivity contribution in [3.05, 3.63) is 101 Å². The van der Waals surface area contributed by atoms with Crippen molar-refractivity contribution in [2.75, 3.05) is 0 Å².